The van der Waals surface area contributed by atoms with Crippen molar-refractivity contribution in [1.29, 1.82) is 15.8 Å². The highest BCUT2D eigenvalue weighted by Gasteiger charge is 2.21. The van der Waals surface area contributed by atoms with E-state index >= 15 is 0 Å². The van der Waals surface area contributed by atoms with Gasteiger partial charge in [-0.3, -0.25) is 0 Å². The predicted molar refractivity (Wildman–Crippen MR) is 93.8 cm³/mol. The fourth-order valence-electron chi connectivity index (χ4n) is 2.72. The van der Waals surface area contributed by atoms with Gasteiger partial charge in [0.25, 0.3) is 0 Å². The van der Waals surface area contributed by atoms with E-state index in [1.165, 1.54) is 0 Å². The van der Waals surface area contributed by atoms with Crippen molar-refractivity contribution in [2.45, 2.75) is 13.8 Å². The summed E-state index contributed by atoms with van der Waals surface area (Å²) in [5.41, 5.74) is 8.55. The fraction of sp³-hybridized carbons (Fsp3) is 0.118. The molecule has 0 aliphatic carbocycles. The maximum Gasteiger partial charge on any atom is 0.183 e. The summed E-state index contributed by atoms with van der Waals surface area (Å²) in [7, 11) is 0. The number of hydrogen-bond donors (Lipinski definition) is 1. The number of nitrogens with zero attached hydrogens (tertiary/aromatic N) is 9. The van der Waals surface area contributed by atoms with Gasteiger partial charge in [-0.1, -0.05) is 0 Å². The van der Waals surface area contributed by atoms with Crippen LogP contribution < -0.4 is 5.73 Å². The number of rotatable bonds is 0. The number of aryl methyl sites for hydroxylation is 2. The second-order valence-electron chi connectivity index (χ2n) is 5.70. The summed E-state index contributed by atoms with van der Waals surface area (Å²) in [6.07, 6.45) is 0. The molecular weight excluding hydrogens is 344 g/mol. The molecule has 126 valence electrons. The summed E-state index contributed by atoms with van der Waals surface area (Å²) >= 11 is 0. The van der Waals surface area contributed by atoms with Gasteiger partial charge in [-0.25, -0.2) is 29.9 Å². The zero-order chi connectivity index (χ0) is 19.3. The Bertz CT molecular complexity index is 1430. The van der Waals surface area contributed by atoms with E-state index < -0.39 is 0 Å². The molecule has 2 N–H and O–H groups in total. The predicted octanol–water partition coefficient (Wildman–Crippen LogP) is 1.33. The molecule has 4 aromatic rings. The number of nitriles is 3. The third kappa shape index (κ3) is 2.16. The first kappa shape index (κ1) is 16.0. The Morgan fingerprint density at radius 3 is 1.30 bits per heavy atom. The van der Waals surface area contributed by atoms with E-state index in [9.17, 15) is 15.8 Å². The molecule has 0 aliphatic heterocycles. The van der Waals surface area contributed by atoms with Crippen LogP contribution >= 0.6 is 0 Å². The van der Waals surface area contributed by atoms with Crippen molar-refractivity contribution in [3.8, 4) is 18.2 Å². The Balaban J connectivity index is 2.40. The number of anilines is 1. The monoisotopic (exact) mass is 352 g/mol. The minimum Gasteiger partial charge on any atom is -0.381 e. The molecule has 0 atom stereocenters. The summed E-state index contributed by atoms with van der Waals surface area (Å²) in [6, 6.07) is 5.59. The molecule has 1 aromatic carbocycles. The smallest absolute Gasteiger partial charge is 0.183 e. The van der Waals surface area contributed by atoms with Gasteiger partial charge in [0.05, 0.1) is 11.4 Å². The molecule has 0 aliphatic rings. The van der Waals surface area contributed by atoms with Crippen LogP contribution in [0.5, 0.6) is 0 Å². The Morgan fingerprint density at radius 2 is 0.889 bits per heavy atom. The van der Waals surface area contributed by atoms with E-state index in [0.717, 1.165) is 0 Å². The number of nitrogen functional groups attached to an aromatic ring is 1. The quantitative estimate of drug-likeness (QED) is 0.454. The third-order valence-corrected chi connectivity index (χ3v) is 4.12. The van der Waals surface area contributed by atoms with Crippen molar-refractivity contribution >= 4 is 38.9 Å². The topological polar surface area (TPSA) is 175 Å². The third-order valence-electron chi connectivity index (χ3n) is 4.12. The zero-order valence-corrected chi connectivity index (χ0v) is 14.1. The second kappa shape index (κ2) is 5.51. The van der Waals surface area contributed by atoms with Crippen LogP contribution in [-0.2, 0) is 0 Å². The molecule has 0 unspecified atom stereocenters. The van der Waals surface area contributed by atoms with Gasteiger partial charge in [-0.05, 0) is 13.8 Å². The highest BCUT2D eigenvalue weighted by atomic mass is 15.0. The highest BCUT2D eigenvalue weighted by Crippen LogP contribution is 2.31. The molecule has 10 heteroatoms. The lowest BCUT2D eigenvalue weighted by Crippen LogP contribution is -2.05. The average Bonchev–Trinajstić information content (AvgIpc) is 2.68. The second-order valence-corrected chi connectivity index (χ2v) is 5.70. The van der Waals surface area contributed by atoms with E-state index in [2.05, 4.69) is 29.9 Å². The van der Waals surface area contributed by atoms with Crippen molar-refractivity contribution < 1.29 is 0 Å². The van der Waals surface area contributed by atoms with Crippen LogP contribution in [0.1, 0.15) is 28.5 Å². The minimum absolute atomic E-state index is 0.0507. The molecule has 0 amide bonds. The number of aromatic nitrogens is 6. The first-order valence-corrected chi connectivity index (χ1v) is 7.64. The zero-order valence-electron chi connectivity index (χ0n) is 14.1. The lowest BCUT2D eigenvalue weighted by Gasteiger charge is -2.10. The summed E-state index contributed by atoms with van der Waals surface area (Å²) in [6.45, 7) is 3.58. The lowest BCUT2D eigenvalue weighted by molar-refractivity contribution is 1.10. The number of hydrogen-bond acceptors (Lipinski definition) is 10. The molecule has 0 radical (unpaired) electrons. The first-order chi connectivity index (χ1) is 13.0. The van der Waals surface area contributed by atoms with Crippen molar-refractivity contribution in [3.63, 3.8) is 0 Å². The average molecular weight is 352 g/mol. The van der Waals surface area contributed by atoms with E-state index in [1.807, 2.05) is 18.2 Å². The normalized spacial score (nSPS) is 10.6. The van der Waals surface area contributed by atoms with Crippen LogP contribution in [0.4, 0.5) is 5.82 Å². The molecule has 0 saturated heterocycles. The maximum absolute atomic E-state index is 9.28. The molecule has 0 fully saturated rings. The van der Waals surface area contributed by atoms with Crippen LogP contribution in [0, 0.1) is 47.8 Å². The van der Waals surface area contributed by atoms with Crippen LogP contribution in [0.25, 0.3) is 33.1 Å². The molecule has 3 aromatic heterocycles. The van der Waals surface area contributed by atoms with Gasteiger partial charge >= 0.3 is 0 Å². The van der Waals surface area contributed by atoms with Gasteiger partial charge in [0.1, 0.15) is 51.3 Å². The fourth-order valence-corrected chi connectivity index (χ4v) is 2.72. The molecular formula is C17H8N10. The number of fused-ring (bicyclic) bond motifs is 6. The molecule has 0 saturated carbocycles. The Morgan fingerprint density at radius 1 is 0.556 bits per heavy atom. The highest BCUT2D eigenvalue weighted by molar-refractivity contribution is 6.18. The van der Waals surface area contributed by atoms with Crippen molar-refractivity contribution in [2.24, 2.45) is 0 Å². The Labute approximate surface area is 151 Å². The van der Waals surface area contributed by atoms with E-state index in [1.54, 1.807) is 13.8 Å². The van der Waals surface area contributed by atoms with Crippen LogP contribution in [0.2, 0.25) is 0 Å². The summed E-state index contributed by atoms with van der Waals surface area (Å²) in [4.78, 5) is 26.1. The number of benzene rings is 1. The van der Waals surface area contributed by atoms with E-state index in [0.29, 0.717) is 22.4 Å². The van der Waals surface area contributed by atoms with Crippen LogP contribution in [0.3, 0.4) is 0 Å². The van der Waals surface area contributed by atoms with Gasteiger partial charge in [-0.2, -0.15) is 15.8 Å². The van der Waals surface area contributed by atoms with E-state index in [-0.39, 0.29) is 45.0 Å². The van der Waals surface area contributed by atoms with Crippen LogP contribution in [-0.4, -0.2) is 29.9 Å². The number of nitrogens with two attached hydrogens (primary N) is 1. The van der Waals surface area contributed by atoms with Gasteiger partial charge in [0, 0.05) is 0 Å². The maximum atomic E-state index is 9.28. The van der Waals surface area contributed by atoms with Gasteiger partial charge in [0.15, 0.2) is 22.9 Å². The summed E-state index contributed by atoms with van der Waals surface area (Å²) in [5.74, 6) is -0.0767. The van der Waals surface area contributed by atoms with E-state index in [4.69, 9.17) is 5.73 Å². The van der Waals surface area contributed by atoms with Gasteiger partial charge in [-0.15, -0.1) is 0 Å². The standard InChI is InChI=1S/C17H8N10/c1-6-7(2)23-12-11(22-6)13-15(25-9(4-19)8(3-18)24-13)16-14(12)26-10(5-20)17(21)27-16/h1-2H3,(H2,21,27). The van der Waals surface area contributed by atoms with Gasteiger partial charge in [0.2, 0.25) is 0 Å². The SMILES string of the molecule is Cc1nc2c(nc1C)c1nc(C#N)c(C#N)nc1c1nc(N)c(C#N)nc21. The minimum atomic E-state index is -0.146. The first-order valence-electron chi connectivity index (χ1n) is 7.64. The summed E-state index contributed by atoms with van der Waals surface area (Å²) in [5, 5.41) is 27.8. The molecule has 0 bridgehead atoms. The molecule has 27 heavy (non-hydrogen) atoms. The molecule has 10 nitrogen and oxygen atoms in total. The molecule has 3 heterocycles. The van der Waals surface area contributed by atoms with Gasteiger partial charge < -0.3 is 5.73 Å². The Kier molecular flexibility index (Phi) is 3.27. The van der Waals surface area contributed by atoms with Crippen molar-refractivity contribution in [3.05, 3.63) is 28.5 Å². The Hall–Kier alpha value is -4.49. The molecule has 0 spiro atoms. The lowest BCUT2D eigenvalue weighted by atomic mass is 10.1. The largest absolute Gasteiger partial charge is 0.381 e. The summed E-state index contributed by atoms with van der Waals surface area (Å²) < 4.78 is 0. The van der Waals surface area contributed by atoms with Crippen molar-refractivity contribution in [1.82, 2.24) is 29.9 Å². The van der Waals surface area contributed by atoms with Crippen LogP contribution in [0.15, 0.2) is 0 Å². The van der Waals surface area contributed by atoms with Crippen molar-refractivity contribution in [2.75, 3.05) is 5.73 Å². The molecule has 4 rings (SSSR count).